The number of para-hydroxylation sites is 1. The van der Waals surface area contributed by atoms with Crippen molar-refractivity contribution in [3.63, 3.8) is 0 Å². The summed E-state index contributed by atoms with van der Waals surface area (Å²) in [6.45, 7) is 7.38. The molecule has 1 saturated heterocycles. The third-order valence-electron chi connectivity index (χ3n) is 8.00. The third-order valence-corrected chi connectivity index (χ3v) is 8.00. The quantitative estimate of drug-likeness (QED) is 0.529. The number of amides is 2. The maximum atomic E-state index is 13.7. The zero-order valence-electron chi connectivity index (χ0n) is 23.0. The number of carbonyl (C=O) groups excluding carboxylic acids is 2. The lowest BCUT2D eigenvalue weighted by Gasteiger charge is -2.41. The summed E-state index contributed by atoms with van der Waals surface area (Å²) in [5.41, 5.74) is 2.31. The molecule has 1 atom stereocenters. The van der Waals surface area contributed by atoms with Crippen LogP contribution < -0.4 is 15.4 Å². The molecule has 2 amide bonds. The number of rotatable bonds is 3. The molecule has 3 aromatic rings. The molecule has 1 fully saturated rings. The largest absolute Gasteiger partial charge is 0.491 e. The molecule has 206 valence electrons. The Balaban J connectivity index is 1.25. The van der Waals surface area contributed by atoms with Gasteiger partial charge >= 0.3 is 0 Å². The number of fused-ring (bicyclic) bond motifs is 1. The van der Waals surface area contributed by atoms with Crippen LogP contribution in [-0.2, 0) is 11.3 Å². The number of aromatic nitrogens is 2. The molecular formula is C31H39N5O3. The molecule has 2 N–H and O–H groups in total. The molecule has 0 aliphatic carbocycles. The van der Waals surface area contributed by atoms with Gasteiger partial charge in [-0.15, -0.1) is 0 Å². The van der Waals surface area contributed by atoms with E-state index in [9.17, 15) is 9.59 Å². The van der Waals surface area contributed by atoms with Gasteiger partial charge in [0.15, 0.2) is 0 Å². The Morgan fingerprint density at radius 2 is 1.82 bits per heavy atom. The second kappa shape index (κ2) is 12.0. The Labute approximate surface area is 230 Å². The number of hydrogen-bond acceptors (Lipinski definition) is 5. The predicted octanol–water partition coefficient (Wildman–Crippen LogP) is 4.26. The monoisotopic (exact) mass is 529 g/mol. The molecular weight excluding hydrogens is 490 g/mol. The van der Waals surface area contributed by atoms with Gasteiger partial charge in [-0.2, -0.15) is 0 Å². The van der Waals surface area contributed by atoms with Crippen molar-refractivity contribution in [2.24, 2.45) is 5.41 Å². The van der Waals surface area contributed by atoms with Crippen LogP contribution in [0, 0.1) is 12.3 Å². The van der Waals surface area contributed by atoms with E-state index < -0.39 is 5.41 Å². The fraction of sp³-hybridized carbons (Fsp3) is 0.452. The molecule has 1 spiro atoms. The second-order valence-electron chi connectivity index (χ2n) is 11.0. The third kappa shape index (κ3) is 6.33. The minimum Gasteiger partial charge on any atom is -0.491 e. The van der Waals surface area contributed by atoms with E-state index in [4.69, 9.17) is 4.74 Å². The number of piperidine rings is 1. The number of nitrogens with one attached hydrogen (secondary N) is 2. The van der Waals surface area contributed by atoms with Crippen molar-refractivity contribution in [1.29, 1.82) is 0 Å². The maximum Gasteiger partial charge on any atom is 0.255 e. The normalized spacial score (nSPS) is 20.8. The smallest absolute Gasteiger partial charge is 0.255 e. The number of carbonyl (C=O) groups is 2. The standard InChI is InChI=1S/C31H39N5O3/c1-23-9-7-13-28(33-23)36-18-8-10-25(36)21-35-19-15-31(16-20-35)14-5-6-17-32-29(37)26-11-3-4-12-27(26)39-22-24(2)34-30(31)38/h3-4,7-13,18,24H,5-6,14-17,19-22H2,1-2H3,(H,32,37)(H,34,38)/t24-/m1/s1. The van der Waals surface area contributed by atoms with Crippen LogP contribution >= 0.6 is 0 Å². The zero-order chi connectivity index (χ0) is 27.2. The maximum absolute atomic E-state index is 13.7. The fourth-order valence-electron chi connectivity index (χ4n) is 5.69. The van der Waals surface area contributed by atoms with Crippen LogP contribution in [0.4, 0.5) is 0 Å². The highest BCUT2D eigenvalue weighted by Crippen LogP contribution is 2.38. The molecule has 8 heteroatoms. The predicted molar refractivity (Wildman–Crippen MR) is 151 cm³/mol. The van der Waals surface area contributed by atoms with Gasteiger partial charge in [0, 0.05) is 30.7 Å². The van der Waals surface area contributed by atoms with Crippen molar-refractivity contribution in [1.82, 2.24) is 25.1 Å². The summed E-state index contributed by atoms with van der Waals surface area (Å²) < 4.78 is 8.13. The minimum absolute atomic E-state index is 0.118. The van der Waals surface area contributed by atoms with E-state index in [0.29, 0.717) is 24.5 Å². The van der Waals surface area contributed by atoms with Crippen LogP contribution in [0.15, 0.2) is 60.8 Å². The van der Waals surface area contributed by atoms with Gasteiger partial charge in [0.2, 0.25) is 5.91 Å². The number of benzene rings is 1. The van der Waals surface area contributed by atoms with Gasteiger partial charge in [0.25, 0.3) is 5.91 Å². The fourth-order valence-corrected chi connectivity index (χ4v) is 5.69. The van der Waals surface area contributed by atoms with Crippen molar-refractivity contribution in [3.8, 4) is 11.6 Å². The Morgan fingerprint density at radius 3 is 2.64 bits per heavy atom. The average molecular weight is 530 g/mol. The van der Waals surface area contributed by atoms with E-state index >= 15 is 0 Å². The summed E-state index contributed by atoms with van der Waals surface area (Å²) in [5.74, 6) is 1.48. The lowest BCUT2D eigenvalue weighted by atomic mass is 9.73. The molecule has 39 heavy (non-hydrogen) atoms. The molecule has 4 heterocycles. The first kappa shape index (κ1) is 26.9. The molecule has 2 aliphatic heterocycles. The van der Waals surface area contributed by atoms with E-state index in [1.807, 2.05) is 44.2 Å². The first-order chi connectivity index (χ1) is 18.9. The van der Waals surface area contributed by atoms with Gasteiger partial charge in [-0.3, -0.25) is 14.5 Å². The highest BCUT2D eigenvalue weighted by molar-refractivity contribution is 5.96. The molecule has 0 radical (unpaired) electrons. The van der Waals surface area contributed by atoms with Gasteiger partial charge in [-0.05, 0) is 89.0 Å². The van der Waals surface area contributed by atoms with Gasteiger partial charge in [-0.1, -0.05) is 24.6 Å². The molecule has 8 nitrogen and oxygen atoms in total. The molecule has 0 saturated carbocycles. The lowest BCUT2D eigenvalue weighted by Crippen LogP contribution is -2.51. The lowest BCUT2D eigenvalue weighted by molar-refractivity contribution is -0.135. The Bertz CT molecular complexity index is 1290. The zero-order valence-corrected chi connectivity index (χ0v) is 23.0. The van der Waals surface area contributed by atoms with Crippen LogP contribution in [0.5, 0.6) is 5.75 Å². The SMILES string of the molecule is Cc1cccc(-n2cccc2CN2CCC3(CCCCNC(=O)c4ccccc4OC[C@@H](C)NC3=O)CC2)n1. The summed E-state index contributed by atoms with van der Waals surface area (Å²) in [7, 11) is 0. The summed E-state index contributed by atoms with van der Waals surface area (Å²) in [4.78, 5) is 33.6. The number of pyridine rings is 1. The Kier molecular flexibility index (Phi) is 8.31. The van der Waals surface area contributed by atoms with Crippen molar-refractivity contribution >= 4 is 11.8 Å². The van der Waals surface area contributed by atoms with E-state index in [-0.39, 0.29) is 17.9 Å². The van der Waals surface area contributed by atoms with Gasteiger partial charge in [-0.25, -0.2) is 4.98 Å². The summed E-state index contributed by atoms with van der Waals surface area (Å²) in [5, 5.41) is 6.26. The molecule has 1 aromatic carbocycles. The number of likely N-dealkylation sites (tertiary alicyclic amines) is 1. The first-order valence-electron chi connectivity index (χ1n) is 14.1. The minimum atomic E-state index is -0.406. The topological polar surface area (TPSA) is 88.5 Å². The Hall–Kier alpha value is -3.65. The Morgan fingerprint density at radius 1 is 1.00 bits per heavy atom. The van der Waals surface area contributed by atoms with Gasteiger partial charge in [0.1, 0.15) is 18.2 Å². The molecule has 0 unspecified atom stereocenters. The van der Waals surface area contributed by atoms with Crippen LogP contribution in [0.2, 0.25) is 0 Å². The van der Waals surface area contributed by atoms with E-state index in [1.54, 1.807) is 12.1 Å². The highest BCUT2D eigenvalue weighted by Gasteiger charge is 2.41. The molecule has 2 aromatic heterocycles. The van der Waals surface area contributed by atoms with Crippen molar-refractivity contribution in [2.75, 3.05) is 26.2 Å². The molecule has 2 aliphatic rings. The number of ether oxygens (including phenoxy) is 1. The van der Waals surface area contributed by atoms with Crippen LogP contribution in [0.3, 0.4) is 0 Å². The summed E-state index contributed by atoms with van der Waals surface area (Å²) in [6.07, 6.45) is 6.22. The van der Waals surface area contributed by atoms with Crippen molar-refractivity contribution in [3.05, 3.63) is 77.7 Å². The summed E-state index contributed by atoms with van der Waals surface area (Å²) >= 11 is 0. The molecule has 5 rings (SSSR count). The first-order valence-corrected chi connectivity index (χ1v) is 14.1. The van der Waals surface area contributed by atoms with Crippen molar-refractivity contribution in [2.45, 2.75) is 58.5 Å². The van der Waals surface area contributed by atoms with Crippen molar-refractivity contribution < 1.29 is 14.3 Å². The van der Waals surface area contributed by atoms with E-state index in [0.717, 1.165) is 63.3 Å². The number of hydrogen-bond donors (Lipinski definition) is 2. The second-order valence-corrected chi connectivity index (χ2v) is 11.0. The van der Waals surface area contributed by atoms with Crippen LogP contribution in [0.1, 0.15) is 60.8 Å². The van der Waals surface area contributed by atoms with Crippen LogP contribution in [0.25, 0.3) is 5.82 Å². The number of nitrogens with zero attached hydrogens (tertiary/aromatic N) is 3. The van der Waals surface area contributed by atoms with E-state index in [1.165, 1.54) is 5.69 Å². The van der Waals surface area contributed by atoms with Gasteiger partial charge in [0.05, 0.1) is 17.0 Å². The number of aryl methyl sites for hydroxylation is 1. The average Bonchev–Trinajstić information content (AvgIpc) is 3.40. The molecule has 0 bridgehead atoms. The highest BCUT2D eigenvalue weighted by atomic mass is 16.5. The summed E-state index contributed by atoms with van der Waals surface area (Å²) in [6, 6.07) is 17.4. The van der Waals surface area contributed by atoms with Crippen LogP contribution in [-0.4, -0.2) is 58.5 Å². The van der Waals surface area contributed by atoms with E-state index in [2.05, 4.69) is 43.4 Å². The van der Waals surface area contributed by atoms with Gasteiger partial charge < -0.3 is 19.9 Å².